The van der Waals surface area contributed by atoms with Crippen LogP contribution in [0.25, 0.3) is 27.2 Å². The number of hydrogen-bond donors (Lipinski definition) is 1. The molecule has 0 saturated heterocycles. The van der Waals surface area contributed by atoms with Gasteiger partial charge in [-0.1, -0.05) is 48.5 Å². The molecule has 5 rings (SSSR count). The molecule has 0 atom stereocenters. The first-order valence-corrected chi connectivity index (χ1v) is 11.8. The second-order valence-corrected chi connectivity index (χ2v) is 8.71. The fourth-order valence-electron chi connectivity index (χ4n) is 3.63. The first-order chi connectivity index (χ1) is 17.8. The number of thiazole rings is 1. The first-order valence-electron chi connectivity index (χ1n) is 10.9. The number of rotatable bonds is 6. The van der Waals surface area contributed by atoms with E-state index in [2.05, 4.69) is 20.6 Å². The second-order valence-electron chi connectivity index (χ2n) is 7.88. The number of ether oxygens (including phenoxy) is 1. The lowest BCUT2D eigenvalue weighted by Gasteiger charge is -2.06. The first kappa shape index (κ1) is 24.2. The minimum absolute atomic E-state index is 0.00341. The fourth-order valence-corrected chi connectivity index (χ4v) is 4.40. The van der Waals surface area contributed by atoms with Gasteiger partial charge in [0.2, 0.25) is 5.13 Å². The summed E-state index contributed by atoms with van der Waals surface area (Å²) >= 11 is 0.995. The Morgan fingerprint density at radius 3 is 2.65 bits per heavy atom. The summed E-state index contributed by atoms with van der Waals surface area (Å²) in [7, 11) is 1.54. The van der Waals surface area contributed by atoms with Crippen molar-refractivity contribution in [2.75, 3.05) is 7.11 Å². The highest BCUT2D eigenvalue weighted by atomic mass is 32.1. The number of nitrogens with zero attached hydrogens (tertiary/aromatic N) is 4. The van der Waals surface area contributed by atoms with Gasteiger partial charge in [-0.25, -0.2) is 15.1 Å². The van der Waals surface area contributed by atoms with Crippen molar-refractivity contribution < 1.29 is 22.7 Å². The van der Waals surface area contributed by atoms with Gasteiger partial charge < -0.3 is 4.74 Å². The molecule has 2 aromatic heterocycles. The van der Waals surface area contributed by atoms with Crippen LogP contribution in [0.2, 0.25) is 0 Å². The van der Waals surface area contributed by atoms with Crippen LogP contribution < -0.4 is 10.2 Å². The van der Waals surface area contributed by atoms with E-state index in [0.717, 1.165) is 32.9 Å². The summed E-state index contributed by atoms with van der Waals surface area (Å²) in [5.41, 5.74) is 2.75. The van der Waals surface area contributed by atoms with E-state index in [0.29, 0.717) is 16.9 Å². The summed E-state index contributed by atoms with van der Waals surface area (Å²) in [6.07, 6.45) is -3.21. The van der Waals surface area contributed by atoms with E-state index in [4.69, 9.17) is 4.74 Å². The zero-order chi connectivity index (χ0) is 26.0. The van der Waals surface area contributed by atoms with E-state index >= 15 is 0 Å². The van der Waals surface area contributed by atoms with Crippen molar-refractivity contribution in [3.63, 3.8) is 0 Å². The molecular formula is C26H18F3N5O2S. The second kappa shape index (κ2) is 9.86. The van der Waals surface area contributed by atoms with Gasteiger partial charge in [-0.15, -0.1) is 11.3 Å². The number of benzene rings is 3. The molecule has 0 aliphatic carbocycles. The van der Waals surface area contributed by atoms with Crippen LogP contribution in [0.5, 0.6) is 5.75 Å². The molecule has 0 saturated carbocycles. The van der Waals surface area contributed by atoms with Crippen molar-refractivity contribution in [3.05, 3.63) is 95.1 Å². The van der Waals surface area contributed by atoms with Gasteiger partial charge in [-0.2, -0.15) is 23.4 Å². The molecule has 3 aromatic carbocycles. The molecule has 1 N–H and O–H groups in total. The molecule has 0 radical (unpaired) electrons. The minimum atomic E-state index is -4.65. The van der Waals surface area contributed by atoms with Crippen LogP contribution in [0.1, 0.15) is 21.7 Å². The van der Waals surface area contributed by atoms with Crippen molar-refractivity contribution in [2.24, 2.45) is 5.10 Å². The highest BCUT2D eigenvalue weighted by molar-refractivity contribution is 7.12. The van der Waals surface area contributed by atoms with Gasteiger partial charge in [0.1, 0.15) is 11.4 Å². The van der Waals surface area contributed by atoms with Crippen LogP contribution in [0.4, 0.5) is 13.2 Å². The van der Waals surface area contributed by atoms with Gasteiger partial charge in [0.05, 0.1) is 19.0 Å². The summed E-state index contributed by atoms with van der Waals surface area (Å²) < 4.78 is 46.9. The molecule has 186 valence electrons. The number of halogens is 3. The summed E-state index contributed by atoms with van der Waals surface area (Å²) in [5, 5.41) is 11.1. The molecule has 5 aromatic rings. The third-order valence-electron chi connectivity index (χ3n) is 5.42. The van der Waals surface area contributed by atoms with Crippen LogP contribution in [-0.2, 0) is 6.18 Å². The molecule has 37 heavy (non-hydrogen) atoms. The van der Waals surface area contributed by atoms with Crippen LogP contribution in [0.15, 0.2) is 83.3 Å². The Bertz CT molecular complexity index is 1620. The minimum Gasteiger partial charge on any atom is -0.497 e. The predicted molar refractivity (Wildman–Crippen MR) is 135 cm³/mol. The number of amides is 1. The van der Waals surface area contributed by atoms with Crippen molar-refractivity contribution in [2.45, 2.75) is 6.18 Å². The SMILES string of the molecule is COc1cccc(/C=N\NC(=O)c2csc(-n3nc(C(F)(F)F)cc3-c3ccc4ccccc4c3)n2)c1. The Kier molecular flexibility index (Phi) is 6.45. The van der Waals surface area contributed by atoms with Crippen molar-refractivity contribution in [1.29, 1.82) is 0 Å². The fraction of sp³-hybridized carbons (Fsp3) is 0.0769. The van der Waals surface area contributed by atoms with Crippen LogP contribution >= 0.6 is 11.3 Å². The van der Waals surface area contributed by atoms with Crippen LogP contribution in [0.3, 0.4) is 0 Å². The average molecular weight is 522 g/mol. The largest absolute Gasteiger partial charge is 0.497 e. The van der Waals surface area contributed by atoms with Gasteiger partial charge >= 0.3 is 6.18 Å². The van der Waals surface area contributed by atoms with Gasteiger partial charge in [0.25, 0.3) is 5.91 Å². The van der Waals surface area contributed by atoms with E-state index < -0.39 is 17.8 Å². The smallest absolute Gasteiger partial charge is 0.435 e. The monoisotopic (exact) mass is 521 g/mol. The summed E-state index contributed by atoms with van der Waals surface area (Å²) in [5.74, 6) is 0.0242. The third kappa shape index (κ3) is 5.21. The van der Waals surface area contributed by atoms with Gasteiger partial charge in [0, 0.05) is 10.9 Å². The molecule has 11 heteroatoms. The molecule has 0 aliphatic rings. The maximum Gasteiger partial charge on any atom is 0.435 e. The zero-order valence-corrected chi connectivity index (χ0v) is 20.0. The highest BCUT2D eigenvalue weighted by Crippen LogP contribution is 2.34. The number of hydrogen-bond acceptors (Lipinski definition) is 6. The summed E-state index contributed by atoms with van der Waals surface area (Å²) in [4.78, 5) is 16.8. The Balaban J connectivity index is 1.43. The highest BCUT2D eigenvalue weighted by Gasteiger charge is 2.35. The summed E-state index contributed by atoms with van der Waals surface area (Å²) in [6.45, 7) is 0. The maximum atomic E-state index is 13.5. The van der Waals surface area contributed by atoms with Gasteiger partial charge in [0.15, 0.2) is 5.69 Å². The normalized spacial score (nSPS) is 11.8. The summed E-state index contributed by atoms with van der Waals surface area (Å²) in [6, 6.07) is 20.9. The lowest BCUT2D eigenvalue weighted by molar-refractivity contribution is -0.141. The Morgan fingerprint density at radius 1 is 1.05 bits per heavy atom. The topological polar surface area (TPSA) is 81.4 Å². The molecular weight excluding hydrogens is 503 g/mol. The number of nitrogens with one attached hydrogen (secondary N) is 1. The quantitative estimate of drug-likeness (QED) is 0.222. The van der Waals surface area contributed by atoms with Crippen molar-refractivity contribution in [3.8, 4) is 22.1 Å². The molecule has 1 amide bonds. The number of fused-ring (bicyclic) bond motifs is 1. The van der Waals surface area contributed by atoms with Crippen LogP contribution in [0, 0.1) is 0 Å². The molecule has 0 fully saturated rings. The molecule has 0 spiro atoms. The number of methoxy groups -OCH3 is 1. The van der Waals surface area contributed by atoms with Crippen molar-refractivity contribution in [1.82, 2.24) is 20.2 Å². The third-order valence-corrected chi connectivity index (χ3v) is 6.24. The van der Waals surface area contributed by atoms with E-state index in [9.17, 15) is 18.0 Å². The zero-order valence-electron chi connectivity index (χ0n) is 19.2. The predicted octanol–water partition coefficient (Wildman–Crippen LogP) is 5.94. The lowest BCUT2D eigenvalue weighted by Crippen LogP contribution is -2.18. The number of carbonyl (C=O) groups excluding carboxylic acids is 1. The van der Waals surface area contributed by atoms with E-state index in [1.54, 1.807) is 43.5 Å². The molecule has 2 heterocycles. The number of aromatic nitrogens is 3. The molecule has 0 bridgehead atoms. The van der Waals surface area contributed by atoms with E-state index in [1.807, 2.05) is 30.3 Å². The average Bonchev–Trinajstić information content (AvgIpc) is 3.56. The molecule has 0 unspecified atom stereocenters. The van der Waals surface area contributed by atoms with Crippen molar-refractivity contribution >= 4 is 34.2 Å². The molecule has 7 nitrogen and oxygen atoms in total. The van der Waals surface area contributed by atoms with E-state index in [-0.39, 0.29) is 16.5 Å². The Morgan fingerprint density at radius 2 is 1.86 bits per heavy atom. The van der Waals surface area contributed by atoms with Gasteiger partial charge in [-0.3, -0.25) is 4.79 Å². The number of carbonyl (C=O) groups is 1. The number of alkyl halides is 3. The molecule has 0 aliphatic heterocycles. The van der Waals surface area contributed by atoms with Gasteiger partial charge in [-0.05, 0) is 40.6 Å². The van der Waals surface area contributed by atoms with E-state index in [1.165, 1.54) is 11.6 Å². The van der Waals surface area contributed by atoms with Crippen LogP contribution in [-0.4, -0.2) is 34.0 Å². The lowest BCUT2D eigenvalue weighted by atomic mass is 10.0. The standard InChI is InChI=1S/C26H18F3N5O2S/c1-36-20-8-4-5-16(11-20)14-30-32-24(35)21-15-37-25(31-21)34-22(13-23(33-34)26(27,28)29)19-10-9-17-6-2-3-7-18(17)12-19/h2-15H,1H3,(H,32,35)/b30-14-. The number of hydrazone groups is 1. The Hall–Kier alpha value is -4.51. The Labute approximate surface area is 212 Å². The maximum absolute atomic E-state index is 13.5.